The first kappa shape index (κ1) is 19.9. The van der Waals surface area contributed by atoms with E-state index < -0.39 is 0 Å². The lowest BCUT2D eigenvalue weighted by molar-refractivity contribution is 0.473. The molecule has 0 radical (unpaired) electrons. The predicted molar refractivity (Wildman–Crippen MR) is 102 cm³/mol. The van der Waals surface area contributed by atoms with E-state index in [-0.39, 0.29) is 11.2 Å². The topological polar surface area (TPSA) is 22.1 Å². The Morgan fingerprint density at radius 3 is 2.05 bits per heavy atom. The molecule has 0 N–H and O–H groups in total. The van der Waals surface area contributed by atoms with Crippen LogP contribution in [0.2, 0.25) is 0 Å². The highest BCUT2D eigenvalue weighted by Crippen LogP contribution is 2.19. The summed E-state index contributed by atoms with van der Waals surface area (Å²) >= 11 is 2.14. The summed E-state index contributed by atoms with van der Waals surface area (Å²) in [4.78, 5) is 5.39. The molecule has 0 fully saturated rings. The summed E-state index contributed by atoms with van der Waals surface area (Å²) in [6.07, 6.45) is 18.4. The number of unbranched alkanes of at least 4 members (excludes halogenated alkanes) is 8. The average Bonchev–Trinajstić information content (AvgIpc) is 2.56. The van der Waals surface area contributed by atoms with Gasteiger partial charge in [-0.2, -0.15) is 4.18 Å². The molecule has 4 heteroatoms. The molecule has 0 aliphatic heterocycles. The van der Waals surface area contributed by atoms with Gasteiger partial charge in [0, 0.05) is 17.3 Å². The van der Waals surface area contributed by atoms with Gasteiger partial charge < -0.3 is 0 Å². The van der Waals surface area contributed by atoms with Crippen molar-refractivity contribution >= 4 is 22.9 Å². The first-order valence-electron chi connectivity index (χ1n) is 8.53. The van der Waals surface area contributed by atoms with E-state index in [1.165, 1.54) is 74.2 Å². The lowest BCUT2D eigenvalue weighted by Gasteiger charge is -2.03. The van der Waals surface area contributed by atoms with Gasteiger partial charge in [0.05, 0.1) is 7.11 Å². The maximum Gasteiger partial charge on any atom is 0.143 e. The lowest BCUT2D eigenvalue weighted by atomic mass is 10.1. The Labute approximate surface area is 144 Å². The zero-order valence-electron chi connectivity index (χ0n) is 14.3. The van der Waals surface area contributed by atoms with Gasteiger partial charge in [-0.05, 0) is 37.1 Å². The third-order valence-corrected chi connectivity index (χ3v) is 6.31. The van der Waals surface area contributed by atoms with Gasteiger partial charge in [-0.1, -0.05) is 38.5 Å². The summed E-state index contributed by atoms with van der Waals surface area (Å²) in [5, 5.41) is 0. The second kappa shape index (κ2) is 14.4. The molecule has 126 valence electrons. The Bertz CT molecular complexity index is 348. The van der Waals surface area contributed by atoms with Crippen LogP contribution in [0, 0.1) is 0 Å². The molecule has 1 heterocycles. The van der Waals surface area contributed by atoms with E-state index in [1.807, 2.05) is 31.3 Å². The molecule has 0 saturated heterocycles. The van der Waals surface area contributed by atoms with Crippen molar-refractivity contribution in [3.8, 4) is 0 Å². The molecule has 0 aromatic carbocycles. The number of nitrogens with zero attached hydrogens (tertiary/aromatic N) is 1. The quantitative estimate of drug-likeness (QED) is 0.253. The minimum atomic E-state index is 0.190. The molecule has 0 bridgehead atoms. The van der Waals surface area contributed by atoms with Crippen molar-refractivity contribution < 1.29 is 4.18 Å². The van der Waals surface area contributed by atoms with Crippen LogP contribution in [0.25, 0.3) is 0 Å². The number of hydrogen-bond donors (Lipinski definition) is 0. The van der Waals surface area contributed by atoms with Crippen LogP contribution >= 0.6 is 11.8 Å². The van der Waals surface area contributed by atoms with Gasteiger partial charge in [-0.15, -0.1) is 11.8 Å². The Kier molecular flexibility index (Phi) is 13.0. The van der Waals surface area contributed by atoms with E-state index in [0.29, 0.717) is 0 Å². The number of thioether (sulfide) groups is 1. The highest BCUT2D eigenvalue weighted by atomic mass is 32.2. The van der Waals surface area contributed by atoms with E-state index in [1.54, 1.807) is 0 Å². The van der Waals surface area contributed by atoms with Crippen LogP contribution in [0.3, 0.4) is 0 Å². The van der Waals surface area contributed by atoms with E-state index in [0.717, 1.165) is 0 Å². The number of aromatic nitrogens is 1. The molecular formula is C18H32NOS2+. The first-order chi connectivity index (χ1) is 10.8. The highest BCUT2D eigenvalue weighted by molar-refractivity contribution is 7.99. The Morgan fingerprint density at radius 2 is 1.45 bits per heavy atom. The van der Waals surface area contributed by atoms with Gasteiger partial charge in [0.15, 0.2) is 0 Å². The molecule has 1 unspecified atom stereocenters. The Balaban J connectivity index is 1.77. The fourth-order valence-corrected chi connectivity index (χ4v) is 4.03. The largest absolute Gasteiger partial charge is 0.265 e. The zero-order chi connectivity index (χ0) is 15.9. The van der Waals surface area contributed by atoms with Crippen molar-refractivity contribution in [1.29, 1.82) is 0 Å². The molecule has 0 saturated carbocycles. The molecule has 22 heavy (non-hydrogen) atoms. The number of pyridine rings is 1. The van der Waals surface area contributed by atoms with Crippen LogP contribution in [0.5, 0.6) is 0 Å². The molecule has 0 spiro atoms. The van der Waals surface area contributed by atoms with Crippen LogP contribution in [0.15, 0.2) is 29.4 Å². The number of rotatable bonds is 14. The average molecular weight is 343 g/mol. The molecule has 1 rings (SSSR count). The fourth-order valence-electron chi connectivity index (χ4n) is 2.35. The minimum Gasteiger partial charge on any atom is -0.265 e. The van der Waals surface area contributed by atoms with E-state index >= 15 is 0 Å². The van der Waals surface area contributed by atoms with Crippen LogP contribution in [0.1, 0.15) is 57.8 Å². The van der Waals surface area contributed by atoms with Gasteiger partial charge in [-0.3, -0.25) is 4.98 Å². The van der Waals surface area contributed by atoms with Crippen molar-refractivity contribution in [3.05, 3.63) is 24.5 Å². The Hall–Kier alpha value is -0.190. The summed E-state index contributed by atoms with van der Waals surface area (Å²) in [5.74, 6) is 2.48. The summed E-state index contributed by atoms with van der Waals surface area (Å²) in [6.45, 7) is 0. The van der Waals surface area contributed by atoms with Crippen LogP contribution in [0.4, 0.5) is 0 Å². The summed E-state index contributed by atoms with van der Waals surface area (Å²) in [5.41, 5.74) is 0. The van der Waals surface area contributed by atoms with Crippen molar-refractivity contribution in [1.82, 2.24) is 4.98 Å². The summed E-state index contributed by atoms with van der Waals surface area (Å²) in [7, 11) is 1.82. The van der Waals surface area contributed by atoms with Gasteiger partial charge in [0.2, 0.25) is 0 Å². The number of hydrogen-bond acceptors (Lipinski definition) is 3. The second-order valence-corrected chi connectivity index (χ2v) is 8.71. The highest BCUT2D eigenvalue weighted by Gasteiger charge is 2.08. The molecule has 0 aliphatic carbocycles. The summed E-state index contributed by atoms with van der Waals surface area (Å²) < 4.78 is 5.29. The van der Waals surface area contributed by atoms with Crippen LogP contribution in [-0.2, 0) is 15.4 Å². The maximum absolute atomic E-state index is 5.29. The van der Waals surface area contributed by atoms with Gasteiger partial charge >= 0.3 is 0 Å². The van der Waals surface area contributed by atoms with Gasteiger partial charge in [-0.25, -0.2) is 0 Å². The van der Waals surface area contributed by atoms with Crippen molar-refractivity contribution in [2.45, 2.75) is 62.7 Å². The molecule has 1 atom stereocenters. The zero-order valence-corrected chi connectivity index (χ0v) is 15.9. The predicted octanol–water partition coefficient (Wildman–Crippen LogP) is 5.49. The third kappa shape index (κ3) is 11.4. The van der Waals surface area contributed by atoms with Crippen molar-refractivity contribution in [2.75, 3.05) is 24.9 Å². The molecule has 0 aliphatic rings. The van der Waals surface area contributed by atoms with Crippen molar-refractivity contribution in [2.24, 2.45) is 0 Å². The summed E-state index contributed by atoms with van der Waals surface area (Å²) in [6, 6.07) is 4.19. The fraction of sp³-hybridized carbons (Fsp3) is 0.722. The maximum atomic E-state index is 5.29. The van der Waals surface area contributed by atoms with E-state index in [2.05, 4.69) is 23.4 Å². The normalized spacial score (nSPS) is 12.5. The van der Waals surface area contributed by atoms with Crippen LogP contribution in [-0.4, -0.2) is 29.9 Å². The smallest absolute Gasteiger partial charge is 0.143 e. The third-order valence-electron chi connectivity index (χ3n) is 3.78. The molecular weight excluding hydrogens is 310 g/mol. The Morgan fingerprint density at radius 1 is 0.909 bits per heavy atom. The molecule has 1 aromatic heterocycles. The lowest BCUT2D eigenvalue weighted by Crippen LogP contribution is -2.06. The van der Waals surface area contributed by atoms with E-state index in [4.69, 9.17) is 4.18 Å². The monoisotopic (exact) mass is 342 g/mol. The van der Waals surface area contributed by atoms with Gasteiger partial charge in [0.1, 0.15) is 23.2 Å². The second-order valence-electron chi connectivity index (χ2n) is 5.66. The van der Waals surface area contributed by atoms with Crippen LogP contribution < -0.4 is 0 Å². The molecule has 1 aromatic rings. The standard InChI is InChI=1S/C18H32NOS2/c1-20-22(2)17-11-9-7-5-3-4-6-8-10-16-21-18-12-14-19-15-13-18/h12-15H,3-11,16-17H2,1-2H3/q+1. The molecule has 2 nitrogen and oxygen atoms in total. The molecule has 0 amide bonds. The first-order valence-corrected chi connectivity index (χ1v) is 11.2. The van der Waals surface area contributed by atoms with E-state index in [9.17, 15) is 0 Å². The SMILES string of the molecule is CO[S+](C)CCCCCCCCCCCSc1ccncc1. The van der Waals surface area contributed by atoms with Crippen molar-refractivity contribution in [3.63, 3.8) is 0 Å². The van der Waals surface area contributed by atoms with Gasteiger partial charge in [0.25, 0.3) is 0 Å². The minimum absolute atomic E-state index is 0.190.